The lowest BCUT2D eigenvalue weighted by Gasteiger charge is -2.31. The number of hydrogen-bond acceptors (Lipinski definition) is 6. The Hall–Kier alpha value is -2.71. The summed E-state index contributed by atoms with van der Waals surface area (Å²) < 4.78 is 32.2. The van der Waals surface area contributed by atoms with Gasteiger partial charge in [0.25, 0.3) is 11.8 Å². The van der Waals surface area contributed by atoms with Gasteiger partial charge in [0.15, 0.2) is 0 Å². The van der Waals surface area contributed by atoms with Gasteiger partial charge in [-0.25, -0.2) is 8.42 Å². The van der Waals surface area contributed by atoms with Crippen LogP contribution in [0.15, 0.2) is 70.1 Å². The van der Waals surface area contributed by atoms with E-state index in [1.54, 1.807) is 28.6 Å². The van der Waals surface area contributed by atoms with Gasteiger partial charge in [0, 0.05) is 25.2 Å². The van der Waals surface area contributed by atoms with Crippen LogP contribution < -0.4 is 5.32 Å². The zero-order valence-corrected chi connectivity index (χ0v) is 16.2. The summed E-state index contributed by atoms with van der Waals surface area (Å²) in [5.41, 5.74) is 0.877. The van der Waals surface area contributed by atoms with Gasteiger partial charge in [0.1, 0.15) is 0 Å². The second kappa shape index (κ2) is 8.12. The fraction of sp³-hybridized carbons (Fsp3) is 0.300. The molecule has 0 saturated carbocycles. The van der Waals surface area contributed by atoms with Crippen molar-refractivity contribution in [2.45, 2.75) is 17.7 Å². The average Bonchev–Trinajstić information content (AvgIpc) is 3.23. The number of piperidine rings is 1. The smallest absolute Gasteiger partial charge is 0.263 e. The number of sulfonamides is 1. The molecule has 0 amide bonds. The first-order chi connectivity index (χ1) is 13.6. The number of anilines is 1. The highest BCUT2D eigenvalue weighted by atomic mass is 32.2. The molecular weight excluding hydrogens is 376 g/mol. The van der Waals surface area contributed by atoms with Crippen molar-refractivity contribution in [1.29, 1.82) is 0 Å². The summed E-state index contributed by atoms with van der Waals surface area (Å²) in [4.78, 5) is 4.72. The summed E-state index contributed by atoms with van der Waals surface area (Å²) in [5.74, 6) is 1.30. The van der Waals surface area contributed by atoms with Crippen molar-refractivity contribution in [3.8, 4) is 11.5 Å². The Morgan fingerprint density at radius 3 is 2.32 bits per heavy atom. The molecule has 0 aliphatic carbocycles. The monoisotopic (exact) mass is 398 g/mol. The average molecular weight is 398 g/mol. The van der Waals surface area contributed by atoms with Crippen molar-refractivity contribution in [2.24, 2.45) is 5.92 Å². The summed E-state index contributed by atoms with van der Waals surface area (Å²) >= 11 is 0. The molecule has 3 aromatic rings. The maximum atomic E-state index is 12.7. The fourth-order valence-electron chi connectivity index (χ4n) is 3.32. The van der Waals surface area contributed by atoms with Crippen LogP contribution in [-0.4, -0.2) is 42.5 Å². The lowest BCUT2D eigenvalue weighted by molar-refractivity contribution is 0.282. The van der Waals surface area contributed by atoms with Crippen LogP contribution in [0.5, 0.6) is 0 Å². The van der Waals surface area contributed by atoms with Gasteiger partial charge in [-0.1, -0.05) is 36.4 Å². The predicted octanol–water partition coefficient (Wildman–Crippen LogP) is 3.25. The van der Waals surface area contributed by atoms with Crippen molar-refractivity contribution in [3.63, 3.8) is 0 Å². The van der Waals surface area contributed by atoms with E-state index in [2.05, 4.69) is 15.5 Å². The van der Waals surface area contributed by atoms with Crippen LogP contribution in [0, 0.1) is 5.92 Å². The van der Waals surface area contributed by atoms with Crippen molar-refractivity contribution in [2.75, 3.05) is 25.0 Å². The van der Waals surface area contributed by atoms with E-state index < -0.39 is 10.0 Å². The third kappa shape index (κ3) is 4.07. The van der Waals surface area contributed by atoms with Gasteiger partial charge >= 0.3 is 0 Å². The molecule has 0 bridgehead atoms. The Kier molecular flexibility index (Phi) is 5.40. The molecule has 1 aromatic heterocycles. The highest BCUT2D eigenvalue weighted by Gasteiger charge is 2.29. The van der Waals surface area contributed by atoms with Crippen molar-refractivity contribution >= 4 is 16.0 Å². The van der Waals surface area contributed by atoms with Gasteiger partial charge in [-0.2, -0.15) is 9.29 Å². The molecule has 1 aliphatic heterocycles. The van der Waals surface area contributed by atoms with Crippen molar-refractivity contribution in [1.82, 2.24) is 14.4 Å². The van der Waals surface area contributed by atoms with Gasteiger partial charge in [0.05, 0.1) is 4.90 Å². The first-order valence-corrected chi connectivity index (χ1v) is 10.7. The molecule has 28 heavy (non-hydrogen) atoms. The Morgan fingerprint density at radius 2 is 1.64 bits per heavy atom. The number of nitrogens with one attached hydrogen (secondary N) is 1. The minimum Gasteiger partial charge on any atom is -0.351 e. The van der Waals surface area contributed by atoms with E-state index in [1.807, 2.05) is 36.4 Å². The highest BCUT2D eigenvalue weighted by molar-refractivity contribution is 7.89. The van der Waals surface area contributed by atoms with E-state index in [1.165, 1.54) is 0 Å². The Morgan fingerprint density at radius 1 is 1.00 bits per heavy atom. The Labute approximate surface area is 164 Å². The van der Waals surface area contributed by atoms with Crippen LogP contribution in [0.25, 0.3) is 11.5 Å². The van der Waals surface area contributed by atoms with Gasteiger partial charge < -0.3 is 9.84 Å². The number of rotatable bonds is 6. The van der Waals surface area contributed by atoms with Crippen LogP contribution in [0.3, 0.4) is 0 Å². The summed E-state index contributed by atoms with van der Waals surface area (Å²) in [6.07, 6.45) is 1.59. The first-order valence-electron chi connectivity index (χ1n) is 9.31. The molecule has 0 radical (unpaired) electrons. The topological polar surface area (TPSA) is 88.3 Å². The fourth-order valence-corrected chi connectivity index (χ4v) is 4.81. The molecule has 0 unspecified atom stereocenters. The molecule has 2 aromatic carbocycles. The lowest BCUT2D eigenvalue weighted by atomic mass is 9.98. The molecule has 1 fully saturated rings. The van der Waals surface area contributed by atoms with Crippen LogP contribution in [-0.2, 0) is 10.0 Å². The van der Waals surface area contributed by atoms with E-state index in [4.69, 9.17) is 4.52 Å². The molecule has 7 nitrogen and oxygen atoms in total. The third-order valence-corrected chi connectivity index (χ3v) is 6.86. The van der Waals surface area contributed by atoms with Crippen molar-refractivity contribution in [3.05, 3.63) is 60.7 Å². The molecular formula is C20H22N4O3S. The SMILES string of the molecule is O=S(=O)(c1ccccc1)N1CCC(CNc2noc(-c3ccccc3)n2)CC1. The van der Waals surface area contributed by atoms with E-state index in [-0.39, 0.29) is 0 Å². The first kappa shape index (κ1) is 18.6. The maximum absolute atomic E-state index is 12.7. The zero-order chi connectivity index (χ0) is 19.4. The number of hydrogen-bond donors (Lipinski definition) is 1. The second-order valence-corrected chi connectivity index (χ2v) is 8.77. The third-order valence-electron chi connectivity index (χ3n) is 4.95. The molecule has 2 heterocycles. The molecule has 8 heteroatoms. The molecule has 146 valence electrons. The normalized spacial score (nSPS) is 16.1. The van der Waals surface area contributed by atoms with E-state index in [0.717, 1.165) is 18.4 Å². The van der Waals surface area contributed by atoms with E-state index >= 15 is 0 Å². The van der Waals surface area contributed by atoms with Gasteiger partial charge in [-0.3, -0.25) is 0 Å². The molecule has 1 aliphatic rings. The van der Waals surface area contributed by atoms with Crippen LogP contribution in [0.1, 0.15) is 12.8 Å². The minimum absolute atomic E-state index is 0.354. The van der Waals surface area contributed by atoms with Crippen molar-refractivity contribution < 1.29 is 12.9 Å². The van der Waals surface area contributed by atoms with Crippen LogP contribution >= 0.6 is 0 Å². The summed E-state index contributed by atoms with van der Waals surface area (Å²) in [7, 11) is -3.41. The zero-order valence-electron chi connectivity index (χ0n) is 15.4. The number of aromatic nitrogens is 2. The largest absolute Gasteiger partial charge is 0.351 e. The maximum Gasteiger partial charge on any atom is 0.263 e. The summed E-state index contributed by atoms with van der Waals surface area (Å²) in [6.45, 7) is 1.73. The molecule has 1 saturated heterocycles. The van der Waals surface area contributed by atoms with Gasteiger partial charge in [-0.05, 0) is 48.2 Å². The molecule has 1 N–H and O–H groups in total. The van der Waals surface area contributed by atoms with E-state index in [9.17, 15) is 8.42 Å². The molecule has 0 atom stereocenters. The quantitative estimate of drug-likeness (QED) is 0.686. The predicted molar refractivity (Wildman–Crippen MR) is 106 cm³/mol. The Balaban J connectivity index is 1.30. The minimum atomic E-state index is -3.41. The lowest BCUT2D eigenvalue weighted by Crippen LogP contribution is -2.39. The Bertz CT molecular complexity index is 998. The molecule has 4 rings (SSSR count). The highest BCUT2D eigenvalue weighted by Crippen LogP contribution is 2.24. The van der Waals surface area contributed by atoms with Crippen LogP contribution in [0.2, 0.25) is 0 Å². The van der Waals surface area contributed by atoms with Gasteiger partial charge in [0.2, 0.25) is 10.0 Å². The number of nitrogens with zero attached hydrogens (tertiary/aromatic N) is 3. The number of benzene rings is 2. The van der Waals surface area contributed by atoms with Crippen LogP contribution in [0.4, 0.5) is 5.95 Å². The summed E-state index contributed by atoms with van der Waals surface area (Å²) in [5, 5.41) is 7.17. The standard InChI is InChI=1S/C20H22N4O3S/c25-28(26,18-9-5-2-6-10-18)24-13-11-16(12-14-24)15-21-20-22-19(27-23-20)17-7-3-1-4-8-17/h1-10,16H,11-15H2,(H,21,23). The van der Waals surface area contributed by atoms with E-state index in [0.29, 0.717) is 42.3 Å². The van der Waals surface area contributed by atoms with Gasteiger partial charge in [-0.15, -0.1) is 0 Å². The molecule has 0 spiro atoms. The summed E-state index contributed by atoms with van der Waals surface area (Å²) in [6, 6.07) is 18.2. The second-order valence-electron chi connectivity index (χ2n) is 6.83.